The predicted octanol–water partition coefficient (Wildman–Crippen LogP) is 8.02. The fourth-order valence-electron chi connectivity index (χ4n) is 6.13. The molecule has 0 saturated heterocycles. The normalized spacial score (nSPS) is 18.2. The van der Waals surface area contributed by atoms with Crippen molar-refractivity contribution in [2.75, 3.05) is 39.6 Å². The number of hydrogen-bond donors (Lipinski definition) is 0. The molecule has 0 heterocycles. The van der Waals surface area contributed by atoms with Gasteiger partial charge in [0.2, 0.25) is 0 Å². The maximum Gasteiger partial charge on any atom is 0.500 e. The molecule has 1 aliphatic carbocycles. The highest BCUT2D eigenvalue weighted by molar-refractivity contribution is 6.82. The van der Waals surface area contributed by atoms with Gasteiger partial charge in [-0.05, 0) is 63.8 Å². The van der Waals surface area contributed by atoms with E-state index >= 15 is 0 Å². The van der Waals surface area contributed by atoms with Crippen molar-refractivity contribution in [2.45, 2.75) is 103 Å². The van der Waals surface area contributed by atoms with Gasteiger partial charge in [0.05, 0.1) is 16.1 Å². The molecular weight excluding hydrogens is 569 g/mol. The highest BCUT2D eigenvalue weighted by atomic mass is 28.4. The molecule has 2 atom stereocenters. The minimum atomic E-state index is -2.67. The average Bonchev–Trinajstić information content (AvgIpc) is 2.91. The molecule has 0 fully saturated rings. The van der Waals surface area contributed by atoms with Crippen molar-refractivity contribution >= 4 is 33.8 Å². The van der Waals surface area contributed by atoms with Gasteiger partial charge in [-0.2, -0.15) is 0 Å². The Morgan fingerprint density at radius 2 is 0.750 bits per heavy atom. The lowest BCUT2D eigenvalue weighted by molar-refractivity contribution is 0.0716. The monoisotopic (exact) mass is 626 g/mol. The molecule has 10 heteroatoms. The zero-order chi connectivity index (χ0) is 29.9. The molecule has 0 bridgehead atoms. The van der Waals surface area contributed by atoms with Crippen LogP contribution in [0.25, 0.3) is 0 Å². The lowest BCUT2D eigenvalue weighted by Gasteiger charge is -2.42. The van der Waals surface area contributed by atoms with E-state index in [1.165, 1.54) is 11.1 Å². The number of benzene rings is 1. The Balaban J connectivity index is 2.31. The Kier molecular flexibility index (Phi) is 14.7. The Bertz CT molecular complexity index is 805. The third-order valence-corrected chi connectivity index (χ3v) is 22.7. The van der Waals surface area contributed by atoms with E-state index in [0.717, 1.165) is 24.2 Å². The van der Waals surface area contributed by atoms with Crippen LogP contribution >= 0.6 is 0 Å². The van der Waals surface area contributed by atoms with Crippen molar-refractivity contribution < 1.29 is 26.6 Å². The molecule has 0 radical (unpaired) electrons. The maximum absolute atomic E-state index is 6.21. The van der Waals surface area contributed by atoms with Crippen molar-refractivity contribution in [3.8, 4) is 0 Å². The van der Waals surface area contributed by atoms with Crippen LogP contribution in [0.15, 0.2) is 36.4 Å². The Morgan fingerprint density at radius 3 is 1.00 bits per heavy atom. The van der Waals surface area contributed by atoms with Crippen LogP contribution in [-0.2, 0) is 26.6 Å². The van der Waals surface area contributed by atoms with E-state index < -0.39 is 33.8 Å². The first-order chi connectivity index (χ1) is 19.0. The lowest BCUT2D eigenvalue weighted by atomic mass is 9.96. The molecule has 0 aliphatic heterocycles. The summed E-state index contributed by atoms with van der Waals surface area (Å²) >= 11 is 0. The van der Waals surface area contributed by atoms with Crippen molar-refractivity contribution in [2.24, 2.45) is 0 Å². The molecule has 0 aromatic heterocycles. The smallest absolute Gasteiger partial charge is 0.374 e. The summed E-state index contributed by atoms with van der Waals surface area (Å²) in [5.74, 6) is 0. The molecule has 6 nitrogen and oxygen atoms in total. The van der Waals surface area contributed by atoms with Crippen LogP contribution in [0.3, 0.4) is 0 Å². The Hall–Kier alpha value is -0.412. The number of fused-ring (bicyclic) bond motifs is 1. The van der Waals surface area contributed by atoms with Crippen LogP contribution in [0.1, 0.15) is 63.8 Å². The largest absolute Gasteiger partial charge is 0.500 e. The number of hydrogen-bond acceptors (Lipinski definition) is 6. The second-order valence-corrected chi connectivity index (χ2v) is 27.6. The van der Waals surface area contributed by atoms with E-state index in [1.807, 2.05) is 41.5 Å². The van der Waals surface area contributed by atoms with Crippen LogP contribution < -0.4 is 0 Å². The van der Waals surface area contributed by atoms with E-state index in [0.29, 0.717) is 50.7 Å². The van der Waals surface area contributed by atoms with Gasteiger partial charge < -0.3 is 26.6 Å². The summed E-state index contributed by atoms with van der Waals surface area (Å²) in [5, 5.41) is 0. The highest BCUT2D eigenvalue weighted by Gasteiger charge is 2.47. The van der Waals surface area contributed by atoms with E-state index in [4.69, 9.17) is 26.6 Å². The topological polar surface area (TPSA) is 55.4 Å². The first kappa shape index (κ1) is 35.8. The van der Waals surface area contributed by atoms with Gasteiger partial charge in [-0.25, -0.2) is 0 Å². The van der Waals surface area contributed by atoms with Crippen LogP contribution in [-0.4, -0.2) is 73.4 Å². The molecule has 0 amide bonds. The molecule has 0 N–H and O–H groups in total. The summed E-state index contributed by atoms with van der Waals surface area (Å²) in [4.78, 5) is 0. The van der Waals surface area contributed by atoms with Crippen molar-refractivity contribution in [3.05, 3.63) is 47.5 Å². The van der Waals surface area contributed by atoms with Gasteiger partial charge in [-0.15, -0.1) is 0 Å². The zero-order valence-electron chi connectivity index (χ0n) is 27.1. The van der Waals surface area contributed by atoms with Crippen LogP contribution in [0.4, 0.5) is 0 Å². The predicted molar refractivity (Wildman–Crippen MR) is 177 cm³/mol. The summed E-state index contributed by atoms with van der Waals surface area (Å²) < 4.78 is 37.2. The fourth-order valence-corrected chi connectivity index (χ4v) is 21.8. The summed E-state index contributed by atoms with van der Waals surface area (Å²) in [6.45, 7) is 26.1. The standard InChI is InChI=1S/C30H58O6Si4/c1-11-31-39(32-12-2,33-13-3)25-23-37(7,8)29-21-22-30(28-20-18-17-19-27(28)29)38(9,10)24-26-40(34-14-4,35-15-5)36-16-6/h17-22,29-30H,11-16,23-26H2,1-10H3. The molecule has 0 spiro atoms. The van der Waals surface area contributed by atoms with Gasteiger partial charge in [0, 0.05) is 51.7 Å². The van der Waals surface area contributed by atoms with Crippen molar-refractivity contribution in [3.63, 3.8) is 0 Å². The number of rotatable bonds is 20. The fraction of sp³-hybridized carbons (Fsp3) is 0.733. The number of allylic oxidation sites excluding steroid dienone is 2. The van der Waals surface area contributed by atoms with E-state index in [-0.39, 0.29) is 0 Å². The van der Waals surface area contributed by atoms with Crippen LogP contribution in [0, 0.1) is 0 Å². The SMILES string of the molecule is CCO[Si](CC[Si](C)(C)C1C=CC([Si](C)(C)CC[Si](OCC)(OCC)OCC)c2ccccc21)(OCC)OCC. The maximum atomic E-state index is 6.21. The molecular formula is C30H58O6Si4. The summed E-state index contributed by atoms with van der Waals surface area (Å²) in [7, 11) is -8.83. The summed E-state index contributed by atoms with van der Waals surface area (Å²) in [6, 6.07) is 13.2. The van der Waals surface area contributed by atoms with Gasteiger partial charge in [-0.1, -0.05) is 74.7 Å². The second-order valence-electron chi connectivity index (χ2n) is 11.9. The van der Waals surface area contributed by atoms with Crippen molar-refractivity contribution in [1.82, 2.24) is 0 Å². The average molecular weight is 627 g/mol. The summed E-state index contributed by atoms with van der Waals surface area (Å²) in [5.41, 5.74) is 3.97. The van der Waals surface area contributed by atoms with Gasteiger partial charge in [0.25, 0.3) is 0 Å². The molecule has 1 aromatic rings. The van der Waals surface area contributed by atoms with Crippen LogP contribution in [0.5, 0.6) is 0 Å². The summed E-state index contributed by atoms with van der Waals surface area (Å²) in [6.07, 6.45) is 5.11. The van der Waals surface area contributed by atoms with Gasteiger partial charge in [-0.3, -0.25) is 0 Å². The highest BCUT2D eigenvalue weighted by Crippen LogP contribution is 2.45. The van der Waals surface area contributed by atoms with E-state index in [1.54, 1.807) is 0 Å². The molecule has 1 aliphatic rings. The van der Waals surface area contributed by atoms with Gasteiger partial charge in [0.15, 0.2) is 0 Å². The first-order valence-electron chi connectivity index (χ1n) is 15.6. The first-order valence-corrected chi connectivity index (χ1v) is 26.0. The molecule has 0 saturated carbocycles. The van der Waals surface area contributed by atoms with Crippen LogP contribution in [0.2, 0.25) is 50.4 Å². The van der Waals surface area contributed by atoms with Gasteiger partial charge in [0.1, 0.15) is 0 Å². The van der Waals surface area contributed by atoms with E-state index in [2.05, 4.69) is 62.6 Å². The zero-order valence-corrected chi connectivity index (χ0v) is 31.1. The Morgan fingerprint density at radius 1 is 0.475 bits per heavy atom. The molecule has 2 rings (SSSR count). The lowest BCUT2D eigenvalue weighted by Crippen LogP contribution is -2.49. The molecule has 1 aromatic carbocycles. The van der Waals surface area contributed by atoms with Gasteiger partial charge >= 0.3 is 17.6 Å². The third-order valence-electron chi connectivity index (χ3n) is 8.18. The quantitative estimate of drug-likeness (QED) is 0.108. The minimum absolute atomic E-state index is 0.463. The second kappa shape index (κ2) is 16.4. The molecule has 40 heavy (non-hydrogen) atoms. The minimum Gasteiger partial charge on any atom is -0.374 e. The molecule has 230 valence electrons. The third kappa shape index (κ3) is 9.29. The van der Waals surface area contributed by atoms with Crippen molar-refractivity contribution in [1.29, 1.82) is 0 Å². The Labute approximate surface area is 249 Å². The molecule has 2 unspecified atom stereocenters. The van der Waals surface area contributed by atoms with E-state index in [9.17, 15) is 0 Å².